The number of methoxy groups -OCH3 is 4. The van der Waals surface area contributed by atoms with E-state index in [0.717, 1.165) is 39.3 Å². The van der Waals surface area contributed by atoms with Gasteiger partial charge in [-0.3, -0.25) is 10.1 Å². The van der Waals surface area contributed by atoms with Crippen LogP contribution in [0.25, 0.3) is 44.8 Å². The first-order chi connectivity index (χ1) is 25.4. The Bertz CT molecular complexity index is 2060. The fourth-order valence-corrected chi connectivity index (χ4v) is 5.81. The summed E-state index contributed by atoms with van der Waals surface area (Å²) < 4.78 is 32.8. The zero-order valence-corrected chi connectivity index (χ0v) is 29.3. The summed E-state index contributed by atoms with van der Waals surface area (Å²) in [5, 5.41) is 25.6. The average molecular weight is 705 g/mol. The van der Waals surface area contributed by atoms with Gasteiger partial charge in [-0.2, -0.15) is 0 Å². The molecule has 3 N–H and O–H groups in total. The largest absolute Gasteiger partial charge is 0.497 e. The van der Waals surface area contributed by atoms with E-state index in [1.165, 1.54) is 0 Å². The van der Waals surface area contributed by atoms with Crippen LogP contribution in [0.2, 0.25) is 0 Å². The van der Waals surface area contributed by atoms with Crippen LogP contribution < -0.4 is 29.6 Å². The van der Waals surface area contributed by atoms with Gasteiger partial charge in [-0.1, -0.05) is 34.6 Å². The van der Waals surface area contributed by atoms with Crippen molar-refractivity contribution < 1.29 is 37.9 Å². The van der Waals surface area contributed by atoms with Gasteiger partial charge >= 0.3 is 0 Å². The van der Waals surface area contributed by atoms with Crippen molar-refractivity contribution in [1.29, 1.82) is 0 Å². The number of hydrogen-bond acceptors (Lipinski definition) is 11. The molecule has 0 saturated carbocycles. The molecule has 12 heteroatoms. The molecule has 0 saturated heterocycles. The lowest BCUT2D eigenvalue weighted by molar-refractivity contribution is -0.120. The summed E-state index contributed by atoms with van der Waals surface area (Å²) in [6, 6.07) is 30.1. The van der Waals surface area contributed by atoms with Crippen LogP contribution in [0.4, 0.5) is 0 Å². The third-order valence-corrected chi connectivity index (χ3v) is 8.54. The first-order valence-electron chi connectivity index (χ1n) is 16.6. The second kappa shape index (κ2) is 16.7. The highest BCUT2D eigenvalue weighted by molar-refractivity contribution is 5.87. The number of aromatic nitrogens is 2. The molecule has 0 spiro atoms. The minimum absolute atomic E-state index is 0.0372. The zero-order valence-electron chi connectivity index (χ0n) is 29.3. The van der Waals surface area contributed by atoms with Crippen LogP contribution in [0.1, 0.15) is 11.5 Å². The molecule has 12 nitrogen and oxygen atoms in total. The Morgan fingerprint density at radius 1 is 0.596 bits per heavy atom. The van der Waals surface area contributed by atoms with E-state index in [-0.39, 0.29) is 25.3 Å². The van der Waals surface area contributed by atoms with Gasteiger partial charge in [0.15, 0.2) is 5.76 Å². The summed E-state index contributed by atoms with van der Waals surface area (Å²) in [5.74, 6) is 3.53. The minimum atomic E-state index is -0.978. The summed E-state index contributed by atoms with van der Waals surface area (Å²) in [6.45, 7) is 0.551. The van der Waals surface area contributed by atoms with E-state index < -0.39 is 6.23 Å². The zero-order chi connectivity index (χ0) is 36.5. The number of rotatable bonds is 16. The monoisotopic (exact) mass is 704 g/mol. The van der Waals surface area contributed by atoms with Gasteiger partial charge in [0.05, 0.1) is 46.0 Å². The molecule has 6 rings (SSSR count). The van der Waals surface area contributed by atoms with Gasteiger partial charge in [-0.15, -0.1) is 0 Å². The van der Waals surface area contributed by atoms with E-state index in [4.69, 9.17) is 28.0 Å². The number of amides is 1. The second-order valence-corrected chi connectivity index (χ2v) is 11.8. The van der Waals surface area contributed by atoms with Crippen molar-refractivity contribution in [2.45, 2.75) is 19.1 Å². The molecule has 0 bridgehead atoms. The lowest BCUT2D eigenvalue weighted by Crippen LogP contribution is -2.38. The Labute approximate surface area is 301 Å². The lowest BCUT2D eigenvalue weighted by atomic mass is 9.97. The minimum Gasteiger partial charge on any atom is -0.497 e. The van der Waals surface area contributed by atoms with E-state index in [9.17, 15) is 9.90 Å². The van der Waals surface area contributed by atoms with Crippen molar-refractivity contribution in [3.05, 3.63) is 109 Å². The molecule has 1 amide bonds. The number of nitrogens with one attached hydrogen (secondary N) is 2. The Hall–Kier alpha value is -6.11. The maximum Gasteiger partial charge on any atom is 0.227 e. The summed E-state index contributed by atoms with van der Waals surface area (Å²) in [7, 11) is 6.44. The third kappa shape index (κ3) is 8.26. The van der Waals surface area contributed by atoms with Crippen LogP contribution in [-0.4, -0.2) is 69.1 Å². The van der Waals surface area contributed by atoms with Gasteiger partial charge in [0.2, 0.25) is 5.91 Å². The highest BCUT2D eigenvalue weighted by atomic mass is 16.5. The molecule has 1 unspecified atom stereocenters. The van der Waals surface area contributed by atoms with Crippen LogP contribution in [0.3, 0.4) is 0 Å². The molecule has 0 aliphatic rings. The van der Waals surface area contributed by atoms with Crippen LogP contribution in [0.5, 0.6) is 23.0 Å². The topological polar surface area (TPSA) is 150 Å². The van der Waals surface area contributed by atoms with E-state index in [2.05, 4.69) is 20.9 Å². The van der Waals surface area contributed by atoms with Gasteiger partial charge in [0.25, 0.3) is 0 Å². The van der Waals surface area contributed by atoms with Crippen molar-refractivity contribution in [2.75, 3.05) is 41.5 Å². The van der Waals surface area contributed by atoms with Crippen molar-refractivity contribution in [3.8, 4) is 67.8 Å². The summed E-state index contributed by atoms with van der Waals surface area (Å²) in [4.78, 5) is 13.1. The maximum absolute atomic E-state index is 13.1. The molecular weight excluding hydrogens is 664 g/mol. The highest BCUT2D eigenvalue weighted by Crippen LogP contribution is 2.38. The number of benzene rings is 4. The van der Waals surface area contributed by atoms with Gasteiger partial charge in [0.1, 0.15) is 46.4 Å². The lowest BCUT2D eigenvalue weighted by Gasteiger charge is -2.13. The quantitative estimate of drug-likeness (QED) is 0.0784. The summed E-state index contributed by atoms with van der Waals surface area (Å²) in [5.41, 5.74) is 6.07. The number of ether oxygens (including phenoxy) is 4. The first-order valence-corrected chi connectivity index (χ1v) is 16.6. The molecule has 0 fully saturated rings. The van der Waals surface area contributed by atoms with Crippen molar-refractivity contribution >= 4 is 5.91 Å². The Balaban J connectivity index is 1.10. The molecule has 0 aliphatic carbocycles. The molecule has 2 heterocycles. The molecule has 2 aromatic heterocycles. The Morgan fingerprint density at radius 2 is 0.981 bits per heavy atom. The molecule has 52 heavy (non-hydrogen) atoms. The molecular formula is C40H40N4O8. The standard InChI is InChI=1S/C40H40N4O8/c1-47-29-13-5-25(6-14-29)37-33(51-43-39(37)27-9-17-31(49-3)18-10-27)23-35(45)41-21-22-42-36(46)24-34-38(26-7-15-30(48-2)16-8-26)40(44-52-34)28-11-19-32(50-4)20-12-28/h5-20,35,41,45H,21-24H2,1-4H3,(H,42,46). The maximum atomic E-state index is 13.1. The predicted octanol–water partition coefficient (Wildman–Crippen LogP) is 6.17. The van der Waals surface area contributed by atoms with Crippen molar-refractivity contribution in [2.24, 2.45) is 0 Å². The molecule has 4 aromatic carbocycles. The molecule has 0 radical (unpaired) electrons. The fourth-order valence-electron chi connectivity index (χ4n) is 5.81. The predicted molar refractivity (Wildman–Crippen MR) is 195 cm³/mol. The van der Waals surface area contributed by atoms with E-state index in [0.29, 0.717) is 46.5 Å². The van der Waals surface area contributed by atoms with Crippen LogP contribution in [-0.2, 0) is 17.6 Å². The Kier molecular flexibility index (Phi) is 11.5. The van der Waals surface area contributed by atoms with Gasteiger partial charge in [0, 0.05) is 30.6 Å². The van der Waals surface area contributed by atoms with E-state index in [1.54, 1.807) is 28.4 Å². The van der Waals surface area contributed by atoms with Crippen LogP contribution in [0, 0.1) is 0 Å². The van der Waals surface area contributed by atoms with Gasteiger partial charge in [-0.05, 0) is 83.9 Å². The number of aliphatic hydroxyl groups excluding tert-OH is 1. The second-order valence-electron chi connectivity index (χ2n) is 11.8. The van der Waals surface area contributed by atoms with Crippen molar-refractivity contribution in [1.82, 2.24) is 20.9 Å². The van der Waals surface area contributed by atoms with Crippen LogP contribution in [0.15, 0.2) is 106 Å². The average Bonchev–Trinajstić information content (AvgIpc) is 3.80. The number of carbonyl (C=O) groups excluding carboxylic acids is 1. The normalized spacial score (nSPS) is 11.6. The molecule has 6 aromatic rings. The highest BCUT2D eigenvalue weighted by Gasteiger charge is 2.23. The molecule has 0 aliphatic heterocycles. The smallest absolute Gasteiger partial charge is 0.227 e. The summed E-state index contributed by atoms with van der Waals surface area (Å²) in [6.07, 6.45) is -0.881. The van der Waals surface area contributed by atoms with Crippen molar-refractivity contribution in [3.63, 3.8) is 0 Å². The SMILES string of the molecule is COc1ccc(-c2noc(CC(=O)NCCNC(O)Cc3onc(-c4ccc(OC)cc4)c3-c3ccc(OC)cc3)c2-c2ccc(OC)cc2)cc1. The fraction of sp³-hybridized carbons (Fsp3) is 0.225. The number of hydrogen-bond donors (Lipinski definition) is 3. The van der Waals surface area contributed by atoms with Gasteiger partial charge in [-0.25, -0.2) is 0 Å². The number of carbonyl (C=O) groups is 1. The van der Waals surface area contributed by atoms with E-state index >= 15 is 0 Å². The molecule has 268 valence electrons. The van der Waals surface area contributed by atoms with Crippen LogP contribution >= 0.6 is 0 Å². The first kappa shape index (κ1) is 35.7. The Morgan fingerprint density at radius 3 is 1.40 bits per heavy atom. The summed E-state index contributed by atoms with van der Waals surface area (Å²) >= 11 is 0. The number of nitrogens with zero attached hydrogens (tertiary/aromatic N) is 2. The van der Waals surface area contributed by atoms with Gasteiger partial charge < -0.3 is 38.4 Å². The molecule has 1 atom stereocenters. The number of aliphatic hydroxyl groups is 1. The van der Waals surface area contributed by atoms with E-state index in [1.807, 2.05) is 97.1 Å². The third-order valence-electron chi connectivity index (χ3n) is 8.54.